The summed E-state index contributed by atoms with van der Waals surface area (Å²) in [5.74, 6) is -0.204. The van der Waals surface area contributed by atoms with Crippen LogP contribution in [-0.4, -0.2) is 58.2 Å². The zero-order chi connectivity index (χ0) is 16.4. The first kappa shape index (κ1) is 17.6. The lowest BCUT2D eigenvalue weighted by molar-refractivity contribution is -0.0428. The molecule has 0 aliphatic carbocycles. The Labute approximate surface area is 125 Å². The summed E-state index contributed by atoms with van der Waals surface area (Å²) in [7, 11) is 0. The van der Waals surface area contributed by atoms with Crippen LogP contribution < -0.4 is 0 Å². The summed E-state index contributed by atoms with van der Waals surface area (Å²) in [6, 6.07) is 0. The summed E-state index contributed by atoms with van der Waals surface area (Å²) in [6.07, 6.45) is -1.24. The zero-order valence-corrected chi connectivity index (χ0v) is 13.7. The van der Waals surface area contributed by atoms with Gasteiger partial charge in [-0.2, -0.15) is 0 Å². The monoisotopic (exact) mass is 302 g/mol. The fourth-order valence-electron chi connectivity index (χ4n) is 1.83. The molecule has 0 unspecified atom stereocenters. The summed E-state index contributed by atoms with van der Waals surface area (Å²) in [5.41, 5.74) is -1.32. The maximum absolute atomic E-state index is 12.2. The van der Waals surface area contributed by atoms with Gasteiger partial charge in [-0.1, -0.05) is 0 Å². The van der Waals surface area contributed by atoms with E-state index in [1.807, 2.05) is 0 Å². The second-order valence-corrected chi connectivity index (χ2v) is 7.17. The van der Waals surface area contributed by atoms with Crippen LogP contribution in [0.3, 0.4) is 0 Å². The lowest BCUT2D eigenvalue weighted by Crippen LogP contribution is -2.48. The van der Waals surface area contributed by atoms with Gasteiger partial charge in [-0.05, 0) is 41.5 Å². The molecular weight excluding hydrogens is 276 g/mol. The third-order valence-corrected chi connectivity index (χ3v) is 2.62. The quantitative estimate of drug-likeness (QED) is 0.801. The summed E-state index contributed by atoms with van der Waals surface area (Å²) in [6.45, 7) is 10.9. The van der Waals surface area contributed by atoms with Crippen LogP contribution in [0.2, 0.25) is 0 Å². The van der Waals surface area contributed by atoms with Crippen molar-refractivity contribution in [2.45, 2.75) is 52.7 Å². The van der Waals surface area contributed by atoms with E-state index in [0.717, 1.165) is 0 Å². The van der Waals surface area contributed by atoms with Crippen LogP contribution in [0.15, 0.2) is 0 Å². The number of hydrogen-bond donors (Lipinski definition) is 1. The van der Waals surface area contributed by atoms with Gasteiger partial charge in [0.05, 0.1) is 13.1 Å². The van der Waals surface area contributed by atoms with E-state index >= 15 is 0 Å². The predicted octanol–water partition coefficient (Wildman–Crippen LogP) is 2.00. The Morgan fingerprint density at radius 2 is 1.29 bits per heavy atom. The average Bonchev–Trinajstić information content (AvgIpc) is 2.68. The highest BCUT2D eigenvalue weighted by Crippen LogP contribution is 2.22. The fraction of sp³-hybridized carbons (Fsp3) is 0.857. The lowest BCUT2D eigenvalue weighted by Gasteiger charge is -2.31. The predicted molar refractivity (Wildman–Crippen MR) is 76.5 cm³/mol. The van der Waals surface area contributed by atoms with E-state index in [0.29, 0.717) is 0 Å². The van der Waals surface area contributed by atoms with Crippen molar-refractivity contribution in [1.29, 1.82) is 0 Å². The fourth-order valence-corrected chi connectivity index (χ4v) is 1.83. The number of amides is 2. The topological polar surface area (TPSA) is 79.3 Å². The van der Waals surface area contributed by atoms with Gasteiger partial charge in [0, 0.05) is 12.5 Å². The molecule has 0 aromatic rings. The molecular formula is C14H26N2O5. The van der Waals surface area contributed by atoms with Gasteiger partial charge in [0.25, 0.3) is 0 Å². The molecule has 0 aromatic heterocycles. The first-order valence-corrected chi connectivity index (χ1v) is 7.05. The molecule has 0 spiro atoms. The summed E-state index contributed by atoms with van der Waals surface area (Å²) >= 11 is 0. The summed E-state index contributed by atoms with van der Waals surface area (Å²) in [5, 5.41) is 11.7. The van der Waals surface area contributed by atoms with Gasteiger partial charge < -0.3 is 14.6 Å². The van der Waals surface area contributed by atoms with Crippen molar-refractivity contribution in [3.8, 4) is 0 Å². The van der Waals surface area contributed by atoms with Gasteiger partial charge in [0.1, 0.15) is 11.2 Å². The van der Waals surface area contributed by atoms with Crippen molar-refractivity contribution in [2.24, 2.45) is 5.92 Å². The van der Waals surface area contributed by atoms with E-state index in [4.69, 9.17) is 9.47 Å². The van der Waals surface area contributed by atoms with Gasteiger partial charge in [-0.15, -0.1) is 0 Å². The van der Waals surface area contributed by atoms with E-state index in [1.165, 1.54) is 10.0 Å². The van der Waals surface area contributed by atoms with Gasteiger partial charge in [-0.25, -0.2) is 19.6 Å². The van der Waals surface area contributed by atoms with Crippen molar-refractivity contribution in [2.75, 3.05) is 19.7 Å². The van der Waals surface area contributed by atoms with Crippen LogP contribution in [0.5, 0.6) is 0 Å². The number of carbonyl (C=O) groups is 2. The molecule has 7 nitrogen and oxygen atoms in total. The van der Waals surface area contributed by atoms with Crippen LogP contribution in [0.1, 0.15) is 41.5 Å². The van der Waals surface area contributed by atoms with Crippen LogP contribution in [0.25, 0.3) is 0 Å². The van der Waals surface area contributed by atoms with Crippen molar-refractivity contribution < 1.29 is 24.2 Å². The molecule has 7 heteroatoms. The largest absolute Gasteiger partial charge is 0.442 e. The van der Waals surface area contributed by atoms with Crippen molar-refractivity contribution in [3.05, 3.63) is 0 Å². The molecule has 21 heavy (non-hydrogen) atoms. The van der Waals surface area contributed by atoms with E-state index in [9.17, 15) is 14.7 Å². The average molecular weight is 302 g/mol. The Balaban J connectivity index is 2.83. The molecule has 2 amide bonds. The second kappa shape index (κ2) is 6.09. The van der Waals surface area contributed by atoms with Gasteiger partial charge in [-0.3, -0.25) is 0 Å². The Morgan fingerprint density at radius 3 is 1.52 bits per heavy atom. The third-order valence-electron chi connectivity index (χ3n) is 2.62. The Hall–Kier alpha value is -1.50. The van der Waals surface area contributed by atoms with Crippen LogP contribution in [0, 0.1) is 5.92 Å². The zero-order valence-electron chi connectivity index (χ0n) is 13.7. The van der Waals surface area contributed by atoms with Gasteiger partial charge in [0.2, 0.25) is 0 Å². The lowest BCUT2D eigenvalue weighted by atomic mass is 10.2. The molecule has 122 valence electrons. The maximum atomic E-state index is 12.2. The molecule has 1 rings (SSSR count). The van der Waals surface area contributed by atoms with Crippen LogP contribution in [0.4, 0.5) is 9.59 Å². The molecule has 0 atom stereocenters. The van der Waals surface area contributed by atoms with Crippen molar-refractivity contribution in [3.63, 3.8) is 0 Å². The van der Waals surface area contributed by atoms with Crippen molar-refractivity contribution >= 4 is 12.2 Å². The molecule has 0 bridgehead atoms. The summed E-state index contributed by atoms with van der Waals surface area (Å²) < 4.78 is 10.6. The van der Waals surface area contributed by atoms with E-state index < -0.39 is 23.4 Å². The number of carbonyl (C=O) groups excluding carboxylic acids is 2. The minimum atomic E-state index is -0.659. The summed E-state index contributed by atoms with van der Waals surface area (Å²) in [4.78, 5) is 24.4. The highest BCUT2D eigenvalue weighted by atomic mass is 16.6. The Morgan fingerprint density at radius 1 is 0.952 bits per heavy atom. The maximum Gasteiger partial charge on any atom is 0.429 e. The van der Waals surface area contributed by atoms with E-state index in [2.05, 4.69) is 0 Å². The molecule has 1 N–H and O–H groups in total. The SMILES string of the molecule is CC(C)(C)OC(=O)N1CC(CO)CN1C(=O)OC(C)(C)C. The molecule has 1 aliphatic rings. The van der Waals surface area contributed by atoms with E-state index in [-0.39, 0.29) is 25.6 Å². The molecule has 1 fully saturated rings. The molecule has 0 aromatic carbocycles. The number of rotatable bonds is 1. The molecule has 1 heterocycles. The molecule has 0 radical (unpaired) electrons. The van der Waals surface area contributed by atoms with Gasteiger partial charge in [0.15, 0.2) is 0 Å². The first-order chi connectivity index (χ1) is 9.43. The number of ether oxygens (including phenoxy) is 2. The highest BCUT2D eigenvalue weighted by molar-refractivity contribution is 5.75. The standard InChI is InChI=1S/C14H26N2O5/c1-13(2,3)20-11(18)15-7-10(9-17)8-16(15)12(19)21-14(4,5)6/h10,17H,7-9H2,1-6H3. The normalized spacial score (nSPS) is 17.1. The van der Waals surface area contributed by atoms with Crippen molar-refractivity contribution in [1.82, 2.24) is 10.0 Å². The second-order valence-electron chi connectivity index (χ2n) is 7.17. The molecule has 1 aliphatic heterocycles. The number of aliphatic hydroxyl groups excluding tert-OH is 1. The van der Waals surface area contributed by atoms with Crippen LogP contribution >= 0.6 is 0 Å². The minimum Gasteiger partial charge on any atom is -0.442 e. The third kappa shape index (κ3) is 5.41. The minimum absolute atomic E-state index is 0.113. The Bertz CT molecular complexity index is 361. The number of hydrazine groups is 1. The smallest absolute Gasteiger partial charge is 0.429 e. The molecule has 1 saturated heterocycles. The molecule has 0 saturated carbocycles. The number of nitrogens with zero attached hydrogens (tertiary/aromatic N) is 2. The number of hydrogen-bond acceptors (Lipinski definition) is 5. The Kier molecular flexibility index (Phi) is 5.09. The highest BCUT2D eigenvalue weighted by Gasteiger charge is 2.40. The van der Waals surface area contributed by atoms with Gasteiger partial charge >= 0.3 is 12.2 Å². The van der Waals surface area contributed by atoms with E-state index in [1.54, 1.807) is 41.5 Å². The number of aliphatic hydroxyl groups is 1. The first-order valence-electron chi connectivity index (χ1n) is 7.05. The van der Waals surface area contributed by atoms with Crippen LogP contribution in [-0.2, 0) is 9.47 Å².